The first-order valence-electron chi connectivity index (χ1n) is 3.40. The molecule has 0 aliphatic heterocycles. The molecule has 1 aromatic heterocycles. The van der Waals surface area contributed by atoms with Crippen LogP contribution in [0.15, 0.2) is 0 Å². The van der Waals surface area contributed by atoms with Gasteiger partial charge in [-0.2, -0.15) is 0 Å². The lowest BCUT2D eigenvalue weighted by Gasteiger charge is -1.98. The fourth-order valence-corrected chi connectivity index (χ4v) is 1.14. The molecule has 62 valence electrons. The average Bonchev–Trinajstić information content (AvgIpc) is 2.37. The molecular formula is C6H11N3OS. The van der Waals surface area contributed by atoms with Gasteiger partial charge in [0.1, 0.15) is 11.6 Å². The van der Waals surface area contributed by atoms with Crippen molar-refractivity contribution in [3.05, 3.63) is 5.01 Å². The predicted molar refractivity (Wildman–Crippen MR) is 44.1 cm³/mol. The van der Waals surface area contributed by atoms with Crippen LogP contribution in [0.1, 0.15) is 5.01 Å². The number of hydrogen-bond acceptors (Lipinski definition) is 5. The van der Waals surface area contributed by atoms with E-state index in [1.165, 1.54) is 11.3 Å². The summed E-state index contributed by atoms with van der Waals surface area (Å²) in [5, 5.41) is 12.2. The van der Waals surface area contributed by atoms with Crippen molar-refractivity contribution < 1.29 is 4.74 Å². The van der Waals surface area contributed by atoms with Crippen LogP contribution in [-0.4, -0.2) is 30.4 Å². The van der Waals surface area contributed by atoms with Gasteiger partial charge in [0.05, 0.1) is 0 Å². The van der Waals surface area contributed by atoms with Gasteiger partial charge in [-0.3, -0.25) is 0 Å². The van der Waals surface area contributed by atoms with E-state index in [9.17, 15) is 0 Å². The van der Waals surface area contributed by atoms with Gasteiger partial charge >= 0.3 is 0 Å². The minimum Gasteiger partial charge on any atom is -0.468 e. The number of aromatic nitrogens is 2. The second-order valence-electron chi connectivity index (χ2n) is 2.04. The number of aryl methyl sites for hydroxylation is 1. The van der Waals surface area contributed by atoms with E-state index >= 15 is 0 Å². The molecule has 0 radical (unpaired) electrons. The van der Waals surface area contributed by atoms with Crippen LogP contribution >= 0.6 is 11.3 Å². The van der Waals surface area contributed by atoms with Crippen molar-refractivity contribution in [1.82, 2.24) is 15.5 Å². The summed E-state index contributed by atoms with van der Waals surface area (Å²) in [4.78, 5) is 0. The van der Waals surface area contributed by atoms with Crippen molar-refractivity contribution in [3.63, 3.8) is 0 Å². The summed E-state index contributed by atoms with van der Waals surface area (Å²) in [5.74, 6) is 0. The maximum atomic E-state index is 5.25. The summed E-state index contributed by atoms with van der Waals surface area (Å²) in [5.41, 5.74) is 0. The fourth-order valence-electron chi connectivity index (χ4n) is 0.577. The molecule has 0 aliphatic rings. The Morgan fingerprint density at radius 2 is 2.36 bits per heavy atom. The largest absolute Gasteiger partial charge is 0.468 e. The standard InChI is InChI=1S/C6H11N3OS/c1-5-8-9-6(11-5)10-4-3-7-2/h7H,3-4H2,1-2H3. The molecule has 1 aromatic rings. The normalized spacial score (nSPS) is 10.0. The summed E-state index contributed by atoms with van der Waals surface area (Å²) >= 11 is 1.47. The van der Waals surface area contributed by atoms with Crippen molar-refractivity contribution in [2.45, 2.75) is 6.92 Å². The molecule has 0 saturated carbocycles. The highest BCUT2D eigenvalue weighted by atomic mass is 32.1. The van der Waals surface area contributed by atoms with Gasteiger partial charge < -0.3 is 10.1 Å². The van der Waals surface area contributed by atoms with E-state index in [1.54, 1.807) is 0 Å². The Hall–Kier alpha value is -0.680. The first-order chi connectivity index (χ1) is 5.33. The van der Waals surface area contributed by atoms with Crippen LogP contribution in [0, 0.1) is 6.92 Å². The van der Waals surface area contributed by atoms with Crippen LogP contribution < -0.4 is 10.1 Å². The van der Waals surface area contributed by atoms with Crippen LogP contribution in [0.3, 0.4) is 0 Å². The number of hydrogen-bond donors (Lipinski definition) is 1. The monoisotopic (exact) mass is 173 g/mol. The highest BCUT2D eigenvalue weighted by Gasteiger charge is 1.98. The second kappa shape index (κ2) is 4.25. The number of rotatable bonds is 4. The molecule has 0 aromatic carbocycles. The quantitative estimate of drug-likeness (QED) is 0.671. The van der Waals surface area contributed by atoms with Crippen molar-refractivity contribution in [1.29, 1.82) is 0 Å². The van der Waals surface area contributed by atoms with Crippen molar-refractivity contribution in [3.8, 4) is 5.19 Å². The second-order valence-corrected chi connectivity index (χ2v) is 3.18. The van der Waals surface area contributed by atoms with Gasteiger partial charge in [0, 0.05) is 6.54 Å². The average molecular weight is 173 g/mol. The lowest BCUT2D eigenvalue weighted by Crippen LogP contribution is -2.15. The van der Waals surface area contributed by atoms with Gasteiger partial charge in [0.2, 0.25) is 0 Å². The molecule has 0 amide bonds. The number of ether oxygens (including phenoxy) is 1. The molecule has 0 spiro atoms. The van der Waals surface area contributed by atoms with Gasteiger partial charge in [0.25, 0.3) is 5.19 Å². The Labute approximate surface area is 69.6 Å². The minimum atomic E-state index is 0.644. The Kier molecular flexibility index (Phi) is 3.25. The lowest BCUT2D eigenvalue weighted by molar-refractivity contribution is 0.314. The summed E-state index contributed by atoms with van der Waals surface area (Å²) in [6.07, 6.45) is 0. The Balaban J connectivity index is 2.27. The van der Waals surface area contributed by atoms with Crippen molar-refractivity contribution >= 4 is 11.3 Å². The molecular weight excluding hydrogens is 162 g/mol. The van der Waals surface area contributed by atoms with Crippen LogP contribution in [-0.2, 0) is 0 Å². The summed E-state index contributed by atoms with van der Waals surface area (Å²) < 4.78 is 5.25. The maximum Gasteiger partial charge on any atom is 0.294 e. The number of nitrogens with zero attached hydrogens (tertiary/aromatic N) is 2. The van der Waals surface area contributed by atoms with Crippen LogP contribution in [0.5, 0.6) is 5.19 Å². The molecule has 0 bridgehead atoms. The fraction of sp³-hybridized carbons (Fsp3) is 0.667. The summed E-state index contributed by atoms with van der Waals surface area (Å²) in [6, 6.07) is 0. The molecule has 0 unspecified atom stereocenters. The van der Waals surface area contributed by atoms with Gasteiger partial charge in [-0.15, -0.1) is 10.2 Å². The molecule has 0 saturated heterocycles. The van der Waals surface area contributed by atoms with Gasteiger partial charge in [-0.05, 0) is 14.0 Å². The van der Waals surface area contributed by atoms with Crippen molar-refractivity contribution in [2.24, 2.45) is 0 Å². The summed E-state index contributed by atoms with van der Waals surface area (Å²) in [6.45, 7) is 3.38. The first kappa shape index (κ1) is 8.42. The van der Waals surface area contributed by atoms with E-state index in [2.05, 4.69) is 15.5 Å². The Bertz CT molecular complexity index is 213. The zero-order chi connectivity index (χ0) is 8.10. The third-order valence-corrected chi connectivity index (χ3v) is 1.84. The van der Waals surface area contributed by atoms with Gasteiger partial charge in [-0.25, -0.2) is 0 Å². The molecule has 0 aliphatic carbocycles. The first-order valence-corrected chi connectivity index (χ1v) is 4.22. The van der Waals surface area contributed by atoms with Crippen LogP contribution in [0.2, 0.25) is 0 Å². The topological polar surface area (TPSA) is 47.0 Å². The molecule has 1 heterocycles. The minimum absolute atomic E-state index is 0.644. The van der Waals surface area contributed by atoms with Crippen LogP contribution in [0.4, 0.5) is 0 Å². The van der Waals surface area contributed by atoms with E-state index in [1.807, 2.05) is 14.0 Å². The number of nitrogens with one attached hydrogen (secondary N) is 1. The van der Waals surface area contributed by atoms with E-state index in [4.69, 9.17) is 4.74 Å². The lowest BCUT2D eigenvalue weighted by atomic mass is 10.7. The van der Waals surface area contributed by atoms with E-state index in [-0.39, 0.29) is 0 Å². The number of likely N-dealkylation sites (N-methyl/N-ethyl adjacent to an activating group) is 1. The predicted octanol–water partition coefficient (Wildman–Crippen LogP) is 0.445. The molecule has 1 N–H and O–H groups in total. The zero-order valence-electron chi connectivity index (χ0n) is 6.63. The highest BCUT2D eigenvalue weighted by Crippen LogP contribution is 2.15. The molecule has 4 nitrogen and oxygen atoms in total. The molecule has 0 atom stereocenters. The van der Waals surface area contributed by atoms with E-state index < -0.39 is 0 Å². The third-order valence-electron chi connectivity index (χ3n) is 1.09. The molecule has 5 heteroatoms. The van der Waals surface area contributed by atoms with Gasteiger partial charge in [-0.1, -0.05) is 11.3 Å². The highest BCUT2D eigenvalue weighted by molar-refractivity contribution is 7.12. The SMILES string of the molecule is CNCCOc1nnc(C)s1. The Morgan fingerprint density at radius 3 is 2.91 bits per heavy atom. The van der Waals surface area contributed by atoms with Crippen LogP contribution in [0.25, 0.3) is 0 Å². The Morgan fingerprint density at radius 1 is 1.55 bits per heavy atom. The molecule has 0 fully saturated rings. The van der Waals surface area contributed by atoms with Gasteiger partial charge in [0.15, 0.2) is 0 Å². The zero-order valence-corrected chi connectivity index (χ0v) is 7.44. The van der Waals surface area contributed by atoms with E-state index in [0.29, 0.717) is 11.8 Å². The summed E-state index contributed by atoms with van der Waals surface area (Å²) in [7, 11) is 1.88. The van der Waals surface area contributed by atoms with E-state index in [0.717, 1.165) is 11.6 Å². The third kappa shape index (κ3) is 2.81. The maximum absolute atomic E-state index is 5.25. The smallest absolute Gasteiger partial charge is 0.294 e. The molecule has 1 rings (SSSR count). The molecule has 11 heavy (non-hydrogen) atoms. The van der Waals surface area contributed by atoms with Crippen molar-refractivity contribution in [2.75, 3.05) is 20.2 Å².